The van der Waals surface area contributed by atoms with Crippen LogP contribution >= 0.6 is 15.9 Å². The number of aliphatic hydroxyl groups is 3. The van der Waals surface area contributed by atoms with Gasteiger partial charge in [0.2, 0.25) is 5.95 Å². The fraction of sp³-hybridized carbons (Fsp3) is 0.333. The standard InChI is InChI=1S/C15H19BrN4O3/c16-9-3-1-8(2-4-9)13-10(19-15(18)20-14(13)17)5-6-11(22)12(23)7-21/h1-4,11-12,21-23H,5-7H2,(H4,17,18,19,20)/t11-,12-/m0/s1. The molecule has 2 atom stereocenters. The maximum absolute atomic E-state index is 9.79. The van der Waals surface area contributed by atoms with Crippen molar-refractivity contribution in [3.63, 3.8) is 0 Å². The lowest BCUT2D eigenvalue weighted by Gasteiger charge is -2.17. The van der Waals surface area contributed by atoms with Crippen molar-refractivity contribution < 1.29 is 15.3 Å². The summed E-state index contributed by atoms with van der Waals surface area (Å²) < 4.78 is 0.930. The normalized spacial score (nSPS) is 13.7. The summed E-state index contributed by atoms with van der Waals surface area (Å²) in [4.78, 5) is 8.20. The third kappa shape index (κ3) is 4.38. The van der Waals surface area contributed by atoms with E-state index in [2.05, 4.69) is 25.9 Å². The SMILES string of the molecule is Nc1nc(N)c(-c2ccc(Br)cc2)c(CC[C@H](O)[C@@H](O)CO)n1. The van der Waals surface area contributed by atoms with Crippen LogP contribution in [0.5, 0.6) is 0 Å². The van der Waals surface area contributed by atoms with Crippen LogP contribution in [0, 0.1) is 0 Å². The average Bonchev–Trinajstić information content (AvgIpc) is 2.52. The maximum atomic E-state index is 9.79. The lowest BCUT2D eigenvalue weighted by molar-refractivity contribution is -0.0173. The second kappa shape index (κ2) is 7.69. The van der Waals surface area contributed by atoms with Crippen LogP contribution in [0.1, 0.15) is 12.1 Å². The predicted molar refractivity (Wildman–Crippen MR) is 91.4 cm³/mol. The Morgan fingerprint density at radius 1 is 1.04 bits per heavy atom. The van der Waals surface area contributed by atoms with E-state index in [4.69, 9.17) is 16.6 Å². The summed E-state index contributed by atoms with van der Waals surface area (Å²) in [5.41, 5.74) is 13.7. The minimum atomic E-state index is -1.19. The quantitative estimate of drug-likeness (QED) is 0.495. The van der Waals surface area contributed by atoms with Gasteiger partial charge in [0.05, 0.1) is 18.4 Å². The van der Waals surface area contributed by atoms with Crippen molar-refractivity contribution in [1.82, 2.24) is 9.97 Å². The molecular weight excluding hydrogens is 364 g/mol. The first-order valence-corrected chi connectivity index (χ1v) is 7.86. The summed E-state index contributed by atoms with van der Waals surface area (Å²) in [5.74, 6) is 0.308. The molecule has 0 fully saturated rings. The smallest absolute Gasteiger partial charge is 0.222 e. The summed E-state index contributed by atoms with van der Waals surface area (Å²) in [6.07, 6.45) is -1.71. The molecule has 7 N–H and O–H groups in total. The number of anilines is 2. The van der Waals surface area contributed by atoms with E-state index in [1.165, 1.54) is 0 Å². The summed E-state index contributed by atoms with van der Waals surface area (Å²) in [6.45, 7) is -0.505. The van der Waals surface area contributed by atoms with Crippen molar-refractivity contribution in [3.8, 4) is 11.1 Å². The van der Waals surface area contributed by atoms with E-state index in [1.54, 1.807) is 0 Å². The fourth-order valence-electron chi connectivity index (χ4n) is 2.26. The number of aryl methyl sites for hydroxylation is 1. The number of nitrogens with two attached hydrogens (primary N) is 2. The number of halogens is 1. The molecule has 1 heterocycles. The summed E-state index contributed by atoms with van der Waals surface area (Å²) >= 11 is 3.37. The van der Waals surface area contributed by atoms with Gasteiger partial charge in [0.1, 0.15) is 11.9 Å². The van der Waals surface area contributed by atoms with Gasteiger partial charge in [0, 0.05) is 10.0 Å². The van der Waals surface area contributed by atoms with Gasteiger partial charge in [0.15, 0.2) is 0 Å². The Labute approximate surface area is 142 Å². The van der Waals surface area contributed by atoms with E-state index in [0.717, 1.165) is 10.0 Å². The number of nitrogens with zero attached hydrogens (tertiary/aromatic N) is 2. The van der Waals surface area contributed by atoms with E-state index < -0.39 is 18.8 Å². The van der Waals surface area contributed by atoms with E-state index in [0.29, 0.717) is 17.7 Å². The Morgan fingerprint density at radius 3 is 2.30 bits per heavy atom. The van der Waals surface area contributed by atoms with E-state index in [9.17, 15) is 10.2 Å². The molecule has 124 valence electrons. The molecule has 0 saturated carbocycles. The lowest BCUT2D eigenvalue weighted by atomic mass is 9.99. The zero-order valence-corrected chi connectivity index (χ0v) is 13.9. The van der Waals surface area contributed by atoms with Gasteiger partial charge in [-0.2, -0.15) is 4.98 Å². The monoisotopic (exact) mass is 382 g/mol. The molecule has 7 nitrogen and oxygen atoms in total. The van der Waals surface area contributed by atoms with Crippen molar-refractivity contribution in [2.75, 3.05) is 18.1 Å². The summed E-state index contributed by atoms with van der Waals surface area (Å²) in [5, 5.41) is 28.1. The first kappa shape index (κ1) is 17.6. The molecule has 0 spiro atoms. The molecule has 2 rings (SSSR count). The molecule has 0 unspecified atom stereocenters. The van der Waals surface area contributed by atoms with Crippen LogP contribution < -0.4 is 11.5 Å². The topological polar surface area (TPSA) is 139 Å². The average molecular weight is 383 g/mol. The Kier molecular flexibility index (Phi) is 5.89. The van der Waals surface area contributed by atoms with Crippen molar-refractivity contribution in [2.24, 2.45) is 0 Å². The van der Waals surface area contributed by atoms with Gasteiger partial charge in [0.25, 0.3) is 0 Å². The fourth-order valence-corrected chi connectivity index (χ4v) is 2.52. The number of hydrogen-bond acceptors (Lipinski definition) is 7. The molecule has 8 heteroatoms. The zero-order chi connectivity index (χ0) is 17.0. The third-order valence-electron chi connectivity index (χ3n) is 3.47. The van der Waals surface area contributed by atoms with E-state index in [-0.39, 0.29) is 18.2 Å². The molecule has 0 bridgehead atoms. The van der Waals surface area contributed by atoms with Gasteiger partial charge >= 0.3 is 0 Å². The van der Waals surface area contributed by atoms with E-state index in [1.807, 2.05) is 24.3 Å². The minimum Gasteiger partial charge on any atom is -0.394 e. The number of aliphatic hydroxyl groups excluding tert-OH is 3. The van der Waals surface area contributed by atoms with Gasteiger partial charge in [-0.3, -0.25) is 0 Å². The van der Waals surface area contributed by atoms with Gasteiger partial charge in [-0.05, 0) is 30.5 Å². The molecule has 0 saturated heterocycles. The molecule has 0 aliphatic carbocycles. The molecule has 1 aromatic heterocycles. The van der Waals surface area contributed by atoms with Gasteiger partial charge in [-0.1, -0.05) is 28.1 Å². The minimum absolute atomic E-state index is 0.0514. The van der Waals surface area contributed by atoms with Crippen LogP contribution in [-0.2, 0) is 6.42 Å². The molecule has 0 aliphatic heterocycles. The Hall–Kier alpha value is -1.74. The van der Waals surface area contributed by atoms with Crippen LogP contribution in [0.15, 0.2) is 28.7 Å². The van der Waals surface area contributed by atoms with Crippen LogP contribution in [-0.4, -0.2) is 44.1 Å². The Balaban J connectivity index is 2.33. The molecule has 0 amide bonds. The van der Waals surface area contributed by atoms with Crippen LogP contribution in [0.25, 0.3) is 11.1 Å². The van der Waals surface area contributed by atoms with Crippen LogP contribution in [0.4, 0.5) is 11.8 Å². The summed E-state index contributed by atoms with van der Waals surface area (Å²) in [6, 6.07) is 7.49. The number of benzene rings is 1. The molecular formula is C15H19BrN4O3. The number of nitrogen functional groups attached to an aromatic ring is 2. The second-order valence-electron chi connectivity index (χ2n) is 5.15. The third-order valence-corrected chi connectivity index (χ3v) is 4.00. The number of aromatic nitrogens is 2. The highest BCUT2D eigenvalue weighted by molar-refractivity contribution is 9.10. The highest BCUT2D eigenvalue weighted by Gasteiger charge is 2.18. The maximum Gasteiger partial charge on any atom is 0.222 e. The number of rotatable bonds is 6. The molecule has 23 heavy (non-hydrogen) atoms. The van der Waals surface area contributed by atoms with Crippen LogP contribution in [0.3, 0.4) is 0 Å². The molecule has 0 aliphatic rings. The van der Waals surface area contributed by atoms with Crippen LogP contribution in [0.2, 0.25) is 0 Å². The van der Waals surface area contributed by atoms with Crippen molar-refractivity contribution in [2.45, 2.75) is 25.0 Å². The molecule has 0 radical (unpaired) electrons. The highest BCUT2D eigenvalue weighted by Crippen LogP contribution is 2.30. The van der Waals surface area contributed by atoms with Gasteiger partial charge < -0.3 is 26.8 Å². The Morgan fingerprint density at radius 2 is 1.70 bits per heavy atom. The molecule has 2 aromatic rings. The van der Waals surface area contributed by atoms with E-state index >= 15 is 0 Å². The predicted octanol–water partition coefficient (Wildman–Crippen LogP) is 0.717. The van der Waals surface area contributed by atoms with Gasteiger partial charge in [-0.25, -0.2) is 4.98 Å². The van der Waals surface area contributed by atoms with Gasteiger partial charge in [-0.15, -0.1) is 0 Å². The lowest BCUT2D eigenvalue weighted by Crippen LogP contribution is -2.29. The van der Waals surface area contributed by atoms with Crippen molar-refractivity contribution in [3.05, 3.63) is 34.4 Å². The zero-order valence-electron chi connectivity index (χ0n) is 12.4. The second-order valence-corrected chi connectivity index (χ2v) is 6.07. The van der Waals surface area contributed by atoms with Crippen molar-refractivity contribution in [1.29, 1.82) is 0 Å². The summed E-state index contributed by atoms with van der Waals surface area (Å²) in [7, 11) is 0. The first-order valence-electron chi connectivity index (χ1n) is 7.07. The Bertz CT molecular complexity index is 667. The van der Waals surface area contributed by atoms with Crippen molar-refractivity contribution >= 4 is 27.7 Å². The largest absolute Gasteiger partial charge is 0.394 e. The first-order chi connectivity index (χ1) is 10.9. The highest BCUT2D eigenvalue weighted by atomic mass is 79.9. The number of hydrogen-bond donors (Lipinski definition) is 5. The molecule has 1 aromatic carbocycles.